The van der Waals surface area contributed by atoms with E-state index in [9.17, 15) is 0 Å². The quantitative estimate of drug-likeness (QED) is 0.282. The van der Waals surface area contributed by atoms with Gasteiger partial charge in [0, 0.05) is 0 Å². The predicted octanol–water partition coefficient (Wildman–Crippen LogP) is -3.86. The zero-order valence-electron chi connectivity index (χ0n) is 6.52. The van der Waals surface area contributed by atoms with E-state index in [0.29, 0.717) is 16.2 Å². The molecule has 60 valence electrons. The van der Waals surface area contributed by atoms with Crippen LogP contribution in [0.3, 0.4) is 0 Å². The molecular formula is H11Al2MgO6P. The Labute approximate surface area is 95.4 Å². The summed E-state index contributed by atoms with van der Waals surface area (Å²) in [6, 6.07) is 0. The summed E-state index contributed by atoms with van der Waals surface area (Å²) < 4.78 is 17.2. The first kappa shape index (κ1) is 29.8. The molecule has 0 aromatic carbocycles. The molecule has 0 aliphatic heterocycles. The van der Waals surface area contributed by atoms with E-state index in [1.165, 1.54) is 0 Å². The van der Waals surface area contributed by atoms with Crippen LogP contribution in [0.1, 0.15) is 2.85 Å². The first-order chi connectivity index (χ1) is 3.00. The molecule has 0 unspecified atom stereocenters. The molecule has 0 atom stereocenters. The molecule has 0 aromatic rings. The first-order valence-electron chi connectivity index (χ1n) is 1.07. The van der Waals surface area contributed by atoms with Gasteiger partial charge in [0.1, 0.15) is 0 Å². The molecule has 5 N–H and O–H groups in total. The van der Waals surface area contributed by atoms with Crippen LogP contribution in [0.5, 0.6) is 0 Å². The molecule has 0 saturated heterocycles. The van der Waals surface area contributed by atoms with Crippen LogP contribution in [0, 0.1) is 0 Å². The molecule has 0 rings (SSSR count). The fourth-order valence-corrected chi connectivity index (χ4v) is 0. The van der Waals surface area contributed by atoms with Crippen molar-refractivity contribution in [2.24, 2.45) is 0 Å². The van der Waals surface area contributed by atoms with Crippen LogP contribution in [0.25, 0.3) is 0 Å². The van der Waals surface area contributed by atoms with Crippen LogP contribution in [0.15, 0.2) is 0 Å². The molecular weight excluding hydrogens is 205 g/mol. The van der Waals surface area contributed by atoms with E-state index in [-0.39, 0.29) is 48.7 Å². The van der Waals surface area contributed by atoms with E-state index >= 15 is 0 Å². The normalized spacial score (nSPS) is 6.20. The second kappa shape index (κ2) is 17.0. The number of phosphoric acid groups is 1. The summed E-state index contributed by atoms with van der Waals surface area (Å²) in [7, 11) is -4.64. The van der Waals surface area contributed by atoms with Crippen molar-refractivity contribution in [2.45, 2.75) is 0 Å². The Morgan fingerprint density at radius 3 is 1.20 bits per heavy atom. The second-order valence-corrected chi connectivity index (χ2v) is 1.54. The van der Waals surface area contributed by atoms with Gasteiger partial charge in [-0.1, -0.05) is 0 Å². The van der Waals surface area contributed by atoms with Gasteiger partial charge >= 0.3 is 50.9 Å². The molecule has 0 fully saturated rings. The maximum atomic E-state index is 8.88. The molecule has 6 nitrogen and oxygen atoms in total. The monoisotopic (exact) mass is 216 g/mol. The van der Waals surface area contributed by atoms with Crippen molar-refractivity contribution in [2.75, 3.05) is 0 Å². The summed E-state index contributed by atoms with van der Waals surface area (Å²) in [4.78, 5) is 21.6. The third kappa shape index (κ3) is 254. The topological polar surface area (TPSA) is 126 Å². The van der Waals surface area contributed by atoms with Gasteiger partial charge in [0.05, 0.1) is 0 Å². The van der Waals surface area contributed by atoms with Gasteiger partial charge in [0.15, 0.2) is 17.4 Å². The van der Waals surface area contributed by atoms with Gasteiger partial charge in [-0.15, -0.1) is 0 Å². The zero-order chi connectivity index (χ0) is 6.50. The summed E-state index contributed by atoms with van der Waals surface area (Å²) in [5.74, 6) is 0. The van der Waals surface area contributed by atoms with Gasteiger partial charge in [0.25, 0.3) is 0 Å². The molecule has 0 saturated carbocycles. The maximum absolute atomic E-state index is 8.88. The minimum absolute atomic E-state index is 0. The van der Waals surface area contributed by atoms with E-state index < -0.39 is 7.82 Å². The third-order valence-corrected chi connectivity index (χ3v) is 0. The van der Waals surface area contributed by atoms with E-state index in [2.05, 4.69) is 0 Å². The standard InChI is InChI=1S/2Al.Mg.H3O4P.H2O.O.6H/c;;;1-5(2,3)4;;;;;;;;/h;;;(H3,1,2,3,4);1H2;;;;;;;/q;;+2;;;;;;;;2*-1. The van der Waals surface area contributed by atoms with Crippen molar-refractivity contribution < 1.29 is 31.4 Å². The Kier molecular flexibility index (Phi) is 50.7. The van der Waals surface area contributed by atoms with Gasteiger partial charge in [0.2, 0.25) is 0 Å². The minimum atomic E-state index is -4.64. The molecule has 0 aromatic heterocycles. The Balaban J connectivity index is -0.00000000671. The number of hydrogen-bond donors (Lipinski definition) is 3. The summed E-state index contributed by atoms with van der Waals surface area (Å²) >= 11 is 0.611. The SMILES string of the molecule is O.O=P(O)(O)O.[AlH3].[H-].[H-].[Mg+2].[O]=[AlH]. The van der Waals surface area contributed by atoms with Crippen LogP contribution in [0.2, 0.25) is 0 Å². The van der Waals surface area contributed by atoms with Crippen LogP contribution in [0.4, 0.5) is 0 Å². The summed E-state index contributed by atoms with van der Waals surface area (Å²) in [5.41, 5.74) is 0. The Morgan fingerprint density at radius 1 is 1.20 bits per heavy atom. The number of rotatable bonds is 0. The van der Waals surface area contributed by atoms with Crippen molar-refractivity contribution >= 4 is 64.5 Å². The molecule has 10 heavy (non-hydrogen) atoms. The molecule has 0 aliphatic carbocycles. The molecule has 0 bridgehead atoms. The second-order valence-electron chi connectivity index (χ2n) is 0.513. The van der Waals surface area contributed by atoms with Crippen molar-refractivity contribution in [1.29, 1.82) is 0 Å². The average molecular weight is 216 g/mol. The van der Waals surface area contributed by atoms with Gasteiger partial charge in [-0.2, -0.15) is 0 Å². The fraction of sp³-hybridized carbons (Fsp3) is 0. The molecule has 0 amide bonds. The Bertz CT molecular complexity index is 79.4. The van der Waals surface area contributed by atoms with Crippen molar-refractivity contribution in [3.63, 3.8) is 0 Å². The Morgan fingerprint density at radius 2 is 1.20 bits per heavy atom. The summed E-state index contributed by atoms with van der Waals surface area (Å²) in [5, 5.41) is 0. The van der Waals surface area contributed by atoms with Crippen LogP contribution < -0.4 is 0 Å². The molecule has 0 radical (unpaired) electrons. The zero-order valence-corrected chi connectivity index (χ0v) is 8.24. The van der Waals surface area contributed by atoms with Crippen LogP contribution in [-0.4, -0.2) is 76.8 Å². The van der Waals surface area contributed by atoms with Gasteiger partial charge in [-0.3, -0.25) is 0 Å². The van der Waals surface area contributed by atoms with Crippen molar-refractivity contribution in [1.82, 2.24) is 0 Å². The third-order valence-electron chi connectivity index (χ3n) is 0. The molecule has 0 spiro atoms. The Hall–Kier alpha value is 1.70. The number of hydrogen-bond acceptors (Lipinski definition) is 2. The van der Waals surface area contributed by atoms with E-state index in [0.717, 1.165) is 0 Å². The van der Waals surface area contributed by atoms with Gasteiger partial charge in [-0.05, 0) is 0 Å². The van der Waals surface area contributed by atoms with Crippen LogP contribution in [-0.2, 0) is 8.37 Å². The average Bonchev–Trinajstić information content (AvgIpc) is 1.36. The molecule has 10 heteroatoms. The predicted molar refractivity (Wildman–Crippen MR) is 43.6 cm³/mol. The first-order valence-corrected chi connectivity index (χ1v) is 3.21. The van der Waals surface area contributed by atoms with Gasteiger partial charge in [-0.25, -0.2) is 4.57 Å². The van der Waals surface area contributed by atoms with Crippen LogP contribution >= 0.6 is 7.82 Å². The summed E-state index contributed by atoms with van der Waals surface area (Å²) in [6.45, 7) is 0. The van der Waals surface area contributed by atoms with Crippen molar-refractivity contribution in [3.05, 3.63) is 0 Å². The van der Waals surface area contributed by atoms with E-state index in [1.54, 1.807) is 0 Å². The molecule has 0 heterocycles. The van der Waals surface area contributed by atoms with E-state index in [1.807, 2.05) is 0 Å². The van der Waals surface area contributed by atoms with Gasteiger partial charge < -0.3 is 23.0 Å². The van der Waals surface area contributed by atoms with E-state index in [4.69, 9.17) is 23.0 Å². The molecule has 0 aliphatic rings. The summed E-state index contributed by atoms with van der Waals surface area (Å²) in [6.07, 6.45) is 0. The fourth-order valence-electron chi connectivity index (χ4n) is 0. The van der Waals surface area contributed by atoms with Crippen molar-refractivity contribution in [3.8, 4) is 0 Å².